The molecule has 1 nitrogen and oxygen atoms in total. The molecule has 0 heterocycles. The van der Waals surface area contributed by atoms with Crippen molar-refractivity contribution in [3.8, 4) is 0 Å². The van der Waals surface area contributed by atoms with Crippen LogP contribution in [0.25, 0.3) is 0 Å². The number of carbonyl (C=O) groups excluding carboxylic acids is 1. The summed E-state index contributed by atoms with van der Waals surface area (Å²) in [4.78, 5) is 12.9. The molecule has 0 amide bonds. The third-order valence-corrected chi connectivity index (χ3v) is 6.59. The van der Waals surface area contributed by atoms with Gasteiger partial charge in [-0.15, -0.1) is 0 Å². The molecule has 0 unspecified atom stereocenters. The van der Waals surface area contributed by atoms with E-state index in [9.17, 15) is 4.79 Å². The largest absolute Gasteiger partial charge is 0.287 e. The van der Waals surface area contributed by atoms with Gasteiger partial charge in [-0.2, -0.15) is 0 Å². The summed E-state index contributed by atoms with van der Waals surface area (Å²) >= 11 is 1.41. The summed E-state index contributed by atoms with van der Waals surface area (Å²) in [5, 5.41) is 0.361. The van der Waals surface area contributed by atoms with Gasteiger partial charge in [-0.05, 0) is 50.7 Å². The van der Waals surface area contributed by atoms with E-state index in [1.54, 1.807) is 0 Å². The van der Waals surface area contributed by atoms with Crippen molar-refractivity contribution in [2.24, 2.45) is 29.1 Å². The highest BCUT2D eigenvalue weighted by Gasteiger charge is 2.52. The lowest BCUT2D eigenvalue weighted by molar-refractivity contribution is -0.126. The standard InChI is InChI=1S/C20H30OS/c1-6-7-8-9-17-15(3)13-16-12-14(2)10-11-18(16)20(17,4)19(21)22-5/h6-9,13-14,16-18H,10-12H2,1-5H3/b7-6+,9-8+/t14-,16-,17+,18+,20+/m0/s1. The lowest BCUT2D eigenvalue weighted by atomic mass is 9.54. The molecule has 0 aromatic carbocycles. The molecule has 0 bridgehead atoms. The first-order chi connectivity index (χ1) is 10.4. The second-order valence-electron chi connectivity index (χ2n) is 7.26. The van der Waals surface area contributed by atoms with Gasteiger partial charge in [0.05, 0.1) is 0 Å². The topological polar surface area (TPSA) is 17.1 Å². The highest BCUT2D eigenvalue weighted by molar-refractivity contribution is 8.13. The van der Waals surface area contributed by atoms with Gasteiger partial charge in [0.1, 0.15) is 0 Å². The minimum absolute atomic E-state index is 0.235. The van der Waals surface area contributed by atoms with Crippen LogP contribution < -0.4 is 0 Å². The molecule has 0 aromatic rings. The van der Waals surface area contributed by atoms with Gasteiger partial charge in [-0.25, -0.2) is 0 Å². The van der Waals surface area contributed by atoms with Crippen LogP contribution in [0.1, 0.15) is 47.0 Å². The SMILES string of the molecule is C/C=C/C=C/[C@@H]1C(C)=C[C@@H]2C[C@@H](C)CC[C@H]2[C@]1(C)C(=O)SC. The summed E-state index contributed by atoms with van der Waals surface area (Å²) in [5.74, 6) is 2.09. The molecule has 22 heavy (non-hydrogen) atoms. The second-order valence-corrected chi connectivity index (χ2v) is 8.04. The van der Waals surface area contributed by atoms with E-state index in [0.29, 0.717) is 17.0 Å². The summed E-state index contributed by atoms with van der Waals surface area (Å²) < 4.78 is 0. The van der Waals surface area contributed by atoms with Crippen LogP contribution in [0.5, 0.6) is 0 Å². The monoisotopic (exact) mass is 318 g/mol. The first-order valence-corrected chi connectivity index (χ1v) is 9.73. The van der Waals surface area contributed by atoms with Crippen molar-refractivity contribution in [3.05, 3.63) is 36.0 Å². The number of carbonyl (C=O) groups is 1. The molecule has 5 atom stereocenters. The molecular weight excluding hydrogens is 288 g/mol. The summed E-state index contributed by atoms with van der Waals surface area (Å²) in [7, 11) is 0. The Balaban J connectivity index is 2.45. The van der Waals surface area contributed by atoms with Crippen molar-refractivity contribution in [2.45, 2.75) is 47.0 Å². The number of hydrogen-bond acceptors (Lipinski definition) is 2. The van der Waals surface area contributed by atoms with Gasteiger partial charge >= 0.3 is 0 Å². The summed E-state index contributed by atoms with van der Waals surface area (Å²) in [6.45, 7) is 8.82. The maximum atomic E-state index is 12.9. The van der Waals surface area contributed by atoms with E-state index in [0.717, 1.165) is 5.92 Å². The second kappa shape index (κ2) is 7.21. The minimum Gasteiger partial charge on any atom is -0.287 e. The van der Waals surface area contributed by atoms with Crippen LogP contribution in [0.2, 0.25) is 0 Å². The molecule has 0 N–H and O–H groups in total. The quantitative estimate of drug-likeness (QED) is 0.494. The maximum Gasteiger partial charge on any atom is 0.195 e. The molecular formula is C20H30OS. The van der Waals surface area contributed by atoms with Gasteiger partial charge in [0.25, 0.3) is 0 Å². The van der Waals surface area contributed by atoms with E-state index >= 15 is 0 Å². The van der Waals surface area contributed by atoms with Gasteiger partial charge < -0.3 is 0 Å². The number of rotatable bonds is 3. The Morgan fingerprint density at radius 2 is 2.09 bits per heavy atom. The number of hydrogen-bond donors (Lipinski definition) is 0. The first kappa shape index (κ1) is 17.6. The maximum absolute atomic E-state index is 12.9. The van der Waals surface area contributed by atoms with E-state index in [1.165, 1.54) is 36.6 Å². The zero-order valence-corrected chi connectivity index (χ0v) is 15.5. The van der Waals surface area contributed by atoms with E-state index in [1.807, 2.05) is 19.3 Å². The van der Waals surface area contributed by atoms with Crippen LogP contribution in [-0.4, -0.2) is 11.4 Å². The smallest absolute Gasteiger partial charge is 0.195 e. The molecule has 2 rings (SSSR count). The van der Waals surface area contributed by atoms with Crippen molar-refractivity contribution < 1.29 is 4.79 Å². The summed E-state index contributed by atoms with van der Waals surface area (Å²) in [6.07, 6.45) is 16.6. The first-order valence-electron chi connectivity index (χ1n) is 8.51. The Morgan fingerprint density at radius 1 is 1.36 bits per heavy atom. The average Bonchev–Trinajstić information content (AvgIpc) is 2.49. The average molecular weight is 319 g/mol. The predicted octanol–water partition coefficient (Wildman–Crippen LogP) is 5.64. The molecule has 0 spiro atoms. The summed E-state index contributed by atoms with van der Waals surface area (Å²) in [6, 6.07) is 0. The van der Waals surface area contributed by atoms with E-state index in [-0.39, 0.29) is 11.3 Å². The van der Waals surface area contributed by atoms with Crippen LogP contribution >= 0.6 is 11.8 Å². The fraction of sp³-hybridized carbons (Fsp3) is 0.650. The molecule has 1 fully saturated rings. The Morgan fingerprint density at radius 3 is 2.73 bits per heavy atom. The van der Waals surface area contributed by atoms with Crippen molar-refractivity contribution >= 4 is 16.9 Å². The molecule has 0 radical (unpaired) electrons. The molecule has 2 aliphatic carbocycles. The molecule has 0 aromatic heterocycles. The minimum atomic E-state index is -0.263. The normalized spacial score (nSPS) is 39.0. The van der Waals surface area contributed by atoms with Gasteiger partial charge in [0.15, 0.2) is 5.12 Å². The molecule has 122 valence electrons. The molecule has 1 saturated carbocycles. The third-order valence-electron chi connectivity index (χ3n) is 5.78. The van der Waals surface area contributed by atoms with Crippen molar-refractivity contribution in [2.75, 3.05) is 6.26 Å². The lowest BCUT2D eigenvalue weighted by Gasteiger charge is -2.51. The number of allylic oxidation sites excluding steroid dienone is 6. The number of fused-ring (bicyclic) bond motifs is 1. The zero-order valence-electron chi connectivity index (χ0n) is 14.6. The highest BCUT2D eigenvalue weighted by atomic mass is 32.2. The van der Waals surface area contributed by atoms with Crippen LogP contribution in [-0.2, 0) is 4.79 Å². The van der Waals surface area contributed by atoms with Crippen molar-refractivity contribution in [1.82, 2.24) is 0 Å². The van der Waals surface area contributed by atoms with E-state index in [2.05, 4.69) is 45.1 Å². The van der Waals surface area contributed by atoms with Crippen LogP contribution in [0.3, 0.4) is 0 Å². The Hall–Kier alpha value is -0.760. The molecule has 2 heteroatoms. The highest BCUT2D eigenvalue weighted by Crippen LogP contribution is 2.55. The van der Waals surface area contributed by atoms with E-state index in [4.69, 9.17) is 0 Å². The zero-order chi connectivity index (χ0) is 16.3. The Kier molecular flexibility index (Phi) is 5.76. The fourth-order valence-corrected chi connectivity index (χ4v) is 5.35. The number of thioether (sulfide) groups is 1. The van der Waals surface area contributed by atoms with Gasteiger partial charge in [-0.3, -0.25) is 4.79 Å². The molecule has 2 aliphatic rings. The van der Waals surface area contributed by atoms with Crippen molar-refractivity contribution in [1.29, 1.82) is 0 Å². The Labute approximate surface area is 140 Å². The van der Waals surface area contributed by atoms with Gasteiger partial charge in [0, 0.05) is 11.3 Å². The van der Waals surface area contributed by atoms with Crippen LogP contribution in [0.15, 0.2) is 36.0 Å². The predicted molar refractivity (Wildman–Crippen MR) is 97.8 cm³/mol. The molecule has 0 saturated heterocycles. The summed E-state index contributed by atoms with van der Waals surface area (Å²) in [5.41, 5.74) is 1.11. The molecule has 0 aliphatic heterocycles. The van der Waals surface area contributed by atoms with Crippen molar-refractivity contribution in [3.63, 3.8) is 0 Å². The van der Waals surface area contributed by atoms with E-state index < -0.39 is 0 Å². The van der Waals surface area contributed by atoms with Crippen LogP contribution in [0.4, 0.5) is 0 Å². The van der Waals surface area contributed by atoms with Gasteiger partial charge in [-0.1, -0.05) is 68.0 Å². The fourth-order valence-electron chi connectivity index (χ4n) is 4.63. The third kappa shape index (κ3) is 3.13. The lowest BCUT2D eigenvalue weighted by Crippen LogP contribution is -2.48. The van der Waals surface area contributed by atoms with Crippen LogP contribution in [0, 0.1) is 29.1 Å². The van der Waals surface area contributed by atoms with Gasteiger partial charge in [0.2, 0.25) is 0 Å². The Bertz CT molecular complexity index is 502.